The van der Waals surface area contributed by atoms with Crippen LogP contribution in [-0.4, -0.2) is 72.7 Å². The van der Waals surface area contributed by atoms with E-state index in [2.05, 4.69) is 46.0 Å². The van der Waals surface area contributed by atoms with Gasteiger partial charge in [-0.3, -0.25) is 4.90 Å². The second-order valence-corrected chi connectivity index (χ2v) is 7.44. The lowest BCUT2D eigenvalue weighted by atomic mass is 9.89. The summed E-state index contributed by atoms with van der Waals surface area (Å²) in [5.41, 5.74) is 1.03. The summed E-state index contributed by atoms with van der Waals surface area (Å²) in [7, 11) is 0. The maximum atomic E-state index is 9.70. The van der Waals surface area contributed by atoms with Gasteiger partial charge < -0.3 is 14.7 Å². The molecule has 2 fully saturated rings. The number of nitrogens with zero attached hydrogens (tertiary/aromatic N) is 4. The van der Waals surface area contributed by atoms with Crippen molar-refractivity contribution >= 4 is 5.82 Å². The van der Waals surface area contributed by atoms with E-state index in [1.807, 2.05) is 0 Å². The number of morpholine rings is 1. The predicted octanol–water partition coefficient (Wildman–Crippen LogP) is 1.37. The van der Waals surface area contributed by atoms with E-state index in [0.717, 1.165) is 63.9 Å². The van der Waals surface area contributed by atoms with Crippen molar-refractivity contribution in [3.05, 3.63) is 17.8 Å². The van der Waals surface area contributed by atoms with Gasteiger partial charge in [0.25, 0.3) is 0 Å². The van der Waals surface area contributed by atoms with E-state index in [4.69, 9.17) is 4.74 Å². The Balaban J connectivity index is 1.65. The van der Waals surface area contributed by atoms with Gasteiger partial charge in [0.05, 0.1) is 18.9 Å². The number of aliphatic hydroxyl groups excluding tert-OH is 1. The molecule has 24 heavy (non-hydrogen) atoms. The fourth-order valence-corrected chi connectivity index (χ4v) is 3.73. The highest BCUT2D eigenvalue weighted by Crippen LogP contribution is 2.26. The van der Waals surface area contributed by atoms with Crippen LogP contribution >= 0.6 is 0 Å². The molecule has 0 unspecified atom stereocenters. The van der Waals surface area contributed by atoms with Gasteiger partial charge in [-0.25, -0.2) is 0 Å². The molecule has 0 bridgehead atoms. The average molecular weight is 334 g/mol. The summed E-state index contributed by atoms with van der Waals surface area (Å²) in [5, 5.41) is 18.5. The van der Waals surface area contributed by atoms with Crippen molar-refractivity contribution in [2.24, 2.45) is 11.8 Å². The minimum absolute atomic E-state index is 0.244. The van der Waals surface area contributed by atoms with Crippen LogP contribution in [0.5, 0.6) is 0 Å². The SMILES string of the molecule is CC(C)c1ccc(N2C[C@H](CO)C[C@H](CN3CCOCC3)C2)nn1. The monoisotopic (exact) mass is 334 g/mol. The van der Waals surface area contributed by atoms with Crippen LogP contribution in [0.3, 0.4) is 0 Å². The molecule has 0 spiro atoms. The van der Waals surface area contributed by atoms with Crippen LogP contribution in [0.2, 0.25) is 0 Å². The van der Waals surface area contributed by atoms with E-state index >= 15 is 0 Å². The van der Waals surface area contributed by atoms with Crippen LogP contribution in [0.15, 0.2) is 12.1 Å². The third-order valence-corrected chi connectivity index (χ3v) is 5.09. The van der Waals surface area contributed by atoms with Gasteiger partial charge in [0.15, 0.2) is 5.82 Å². The summed E-state index contributed by atoms with van der Waals surface area (Å²) >= 11 is 0. The predicted molar refractivity (Wildman–Crippen MR) is 94.3 cm³/mol. The minimum Gasteiger partial charge on any atom is -0.396 e. The molecule has 2 aliphatic rings. The third-order valence-electron chi connectivity index (χ3n) is 5.09. The van der Waals surface area contributed by atoms with Crippen LogP contribution < -0.4 is 4.90 Å². The van der Waals surface area contributed by atoms with Crippen LogP contribution in [0.25, 0.3) is 0 Å². The standard InChI is InChI=1S/C18H30N4O2/c1-14(2)17-3-4-18(20-19-17)22-11-15(9-16(12-22)13-23)10-21-5-7-24-8-6-21/h3-4,14-16,23H,5-13H2,1-2H3/t15-,16-/m1/s1. The molecule has 3 heterocycles. The Labute approximate surface area is 144 Å². The molecule has 1 N–H and O–H groups in total. The zero-order valence-corrected chi connectivity index (χ0v) is 14.9. The van der Waals surface area contributed by atoms with E-state index in [0.29, 0.717) is 17.8 Å². The molecular formula is C18H30N4O2. The summed E-state index contributed by atoms with van der Waals surface area (Å²) in [6.07, 6.45) is 1.09. The van der Waals surface area contributed by atoms with Gasteiger partial charge in [-0.2, -0.15) is 5.10 Å². The van der Waals surface area contributed by atoms with Gasteiger partial charge in [-0.05, 0) is 36.3 Å². The molecule has 3 rings (SSSR count). The lowest BCUT2D eigenvalue weighted by Gasteiger charge is -2.40. The molecule has 6 nitrogen and oxygen atoms in total. The van der Waals surface area contributed by atoms with E-state index in [9.17, 15) is 5.11 Å². The quantitative estimate of drug-likeness (QED) is 0.877. The Bertz CT molecular complexity index is 502. The highest BCUT2D eigenvalue weighted by molar-refractivity contribution is 5.38. The Morgan fingerprint density at radius 2 is 1.92 bits per heavy atom. The third kappa shape index (κ3) is 4.43. The largest absolute Gasteiger partial charge is 0.396 e. The van der Waals surface area contributed by atoms with Crippen molar-refractivity contribution < 1.29 is 9.84 Å². The van der Waals surface area contributed by atoms with Crippen molar-refractivity contribution in [2.75, 3.05) is 57.4 Å². The molecule has 0 aliphatic carbocycles. The number of hydrogen-bond donors (Lipinski definition) is 1. The first-order valence-corrected chi connectivity index (χ1v) is 9.15. The van der Waals surface area contributed by atoms with Crippen LogP contribution in [-0.2, 0) is 4.74 Å². The maximum Gasteiger partial charge on any atom is 0.151 e. The number of aromatic nitrogens is 2. The van der Waals surface area contributed by atoms with E-state index in [1.165, 1.54) is 0 Å². The zero-order chi connectivity index (χ0) is 16.9. The summed E-state index contributed by atoms with van der Waals surface area (Å²) in [4.78, 5) is 4.78. The molecule has 1 aromatic rings. The van der Waals surface area contributed by atoms with Gasteiger partial charge in [-0.15, -0.1) is 5.10 Å². The van der Waals surface area contributed by atoms with Crippen LogP contribution in [0.4, 0.5) is 5.82 Å². The Morgan fingerprint density at radius 3 is 2.54 bits per heavy atom. The summed E-state index contributed by atoms with van der Waals surface area (Å²) in [5.74, 6) is 2.20. The maximum absolute atomic E-state index is 9.70. The molecule has 6 heteroatoms. The Morgan fingerprint density at radius 1 is 1.17 bits per heavy atom. The first kappa shape index (κ1) is 17.6. The fraction of sp³-hybridized carbons (Fsp3) is 0.778. The molecule has 2 saturated heterocycles. The lowest BCUT2D eigenvalue weighted by molar-refractivity contribution is 0.0267. The Kier molecular flexibility index (Phi) is 6.03. The van der Waals surface area contributed by atoms with Gasteiger partial charge in [0.1, 0.15) is 0 Å². The Hall–Kier alpha value is -1.24. The smallest absolute Gasteiger partial charge is 0.151 e. The second kappa shape index (κ2) is 8.23. The second-order valence-electron chi connectivity index (χ2n) is 7.44. The highest BCUT2D eigenvalue weighted by Gasteiger charge is 2.29. The van der Waals surface area contributed by atoms with Gasteiger partial charge in [0.2, 0.25) is 0 Å². The van der Waals surface area contributed by atoms with Crippen LogP contribution in [0.1, 0.15) is 31.9 Å². The normalized spacial score (nSPS) is 26.1. The highest BCUT2D eigenvalue weighted by atomic mass is 16.5. The summed E-state index contributed by atoms with van der Waals surface area (Å²) in [6.45, 7) is 11.1. The van der Waals surface area contributed by atoms with Gasteiger partial charge in [-0.1, -0.05) is 13.8 Å². The molecule has 2 aliphatic heterocycles. The summed E-state index contributed by atoms with van der Waals surface area (Å²) in [6, 6.07) is 4.15. The van der Waals surface area contributed by atoms with E-state index in [-0.39, 0.29) is 6.61 Å². The molecule has 0 amide bonds. The number of hydrogen-bond acceptors (Lipinski definition) is 6. The zero-order valence-electron chi connectivity index (χ0n) is 14.9. The van der Waals surface area contributed by atoms with Crippen molar-refractivity contribution in [3.8, 4) is 0 Å². The summed E-state index contributed by atoms with van der Waals surface area (Å²) < 4.78 is 5.44. The topological polar surface area (TPSA) is 61.7 Å². The number of aliphatic hydroxyl groups is 1. The van der Waals surface area contributed by atoms with E-state index < -0.39 is 0 Å². The molecule has 0 radical (unpaired) electrons. The van der Waals surface area contributed by atoms with E-state index in [1.54, 1.807) is 0 Å². The number of anilines is 1. The van der Waals surface area contributed by atoms with Crippen LogP contribution in [0, 0.1) is 11.8 Å². The molecule has 134 valence electrons. The molecule has 1 aromatic heterocycles. The van der Waals surface area contributed by atoms with Crippen molar-refractivity contribution in [3.63, 3.8) is 0 Å². The van der Waals surface area contributed by atoms with Gasteiger partial charge >= 0.3 is 0 Å². The fourth-order valence-electron chi connectivity index (χ4n) is 3.73. The molecular weight excluding hydrogens is 304 g/mol. The lowest BCUT2D eigenvalue weighted by Crippen LogP contribution is -2.48. The van der Waals surface area contributed by atoms with Crippen molar-refractivity contribution in [2.45, 2.75) is 26.2 Å². The number of rotatable bonds is 5. The average Bonchev–Trinajstić information content (AvgIpc) is 2.62. The molecule has 2 atom stereocenters. The first-order valence-electron chi connectivity index (χ1n) is 9.15. The first-order chi connectivity index (χ1) is 11.7. The molecule has 0 aromatic carbocycles. The van der Waals surface area contributed by atoms with Crippen molar-refractivity contribution in [1.82, 2.24) is 15.1 Å². The van der Waals surface area contributed by atoms with Crippen molar-refractivity contribution in [1.29, 1.82) is 0 Å². The molecule has 0 saturated carbocycles. The minimum atomic E-state index is 0.244. The number of ether oxygens (including phenoxy) is 1. The van der Waals surface area contributed by atoms with Gasteiger partial charge in [0, 0.05) is 39.3 Å². The number of piperidine rings is 1.